The fraction of sp³-hybridized carbons (Fsp3) is 0.267. The molecule has 0 fully saturated rings. The summed E-state index contributed by atoms with van der Waals surface area (Å²) in [6.07, 6.45) is 2.49. The molecular weight excluding hydrogens is 402 g/mol. The van der Waals surface area contributed by atoms with Crippen LogP contribution in [0, 0.1) is 0 Å². The van der Waals surface area contributed by atoms with Crippen LogP contribution in [0.3, 0.4) is 0 Å². The molecule has 3 aromatic rings. The number of sulfone groups is 2. The van der Waals surface area contributed by atoms with Crippen molar-refractivity contribution in [2.75, 3.05) is 5.75 Å². The summed E-state index contributed by atoms with van der Waals surface area (Å²) in [7, 11) is -6.92. The quantitative estimate of drug-likeness (QED) is 0.624. The standard InChI is InChI=1S/C15H14F2N4O4S2/c1-3-26(22,23)11-5-4-6-18-13(11)14-20-9-7-12(27(24,25)15(16)17)19-8-10(9)21(14)2/h4-8,15H,3H2,1-2H3. The number of hydrogen-bond donors (Lipinski definition) is 0. The highest BCUT2D eigenvalue weighted by Crippen LogP contribution is 2.29. The molecule has 144 valence electrons. The largest absolute Gasteiger partial charge is 0.342 e. The molecule has 0 aromatic carbocycles. The van der Waals surface area contributed by atoms with Crippen LogP contribution in [0.4, 0.5) is 8.78 Å². The van der Waals surface area contributed by atoms with Gasteiger partial charge in [-0.25, -0.2) is 26.8 Å². The Balaban J connectivity index is 2.26. The molecule has 12 heteroatoms. The number of hydrogen-bond acceptors (Lipinski definition) is 7. The topological polar surface area (TPSA) is 112 Å². The molecule has 0 unspecified atom stereocenters. The monoisotopic (exact) mass is 416 g/mol. The van der Waals surface area contributed by atoms with Crippen LogP contribution >= 0.6 is 0 Å². The van der Waals surface area contributed by atoms with Gasteiger partial charge < -0.3 is 4.57 Å². The zero-order valence-electron chi connectivity index (χ0n) is 14.2. The second kappa shape index (κ2) is 6.60. The van der Waals surface area contributed by atoms with E-state index in [9.17, 15) is 25.6 Å². The van der Waals surface area contributed by atoms with Crippen molar-refractivity contribution >= 4 is 30.7 Å². The van der Waals surface area contributed by atoms with Crippen molar-refractivity contribution in [2.24, 2.45) is 7.05 Å². The van der Waals surface area contributed by atoms with Gasteiger partial charge in [0.15, 0.2) is 20.7 Å². The summed E-state index contributed by atoms with van der Waals surface area (Å²) < 4.78 is 74.9. The summed E-state index contributed by atoms with van der Waals surface area (Å²) in [5, 5.41) is -0.808. The van der Waals surface area contributed by atoms with E-state index in [0.717, 1.165) is 12.3 Å². The summed E-state index contributed by atoms with van der Waals surface area (Å²) in [5.41, 5.74) is 0.493. The zero-order chi connectivity index (χ0) is 20.0. The lowest BCUT2D eigenvalue weighted by atomic mass is 10.3. The average molecular weight is 416 g/mol. The van der Waals surface area contributed by atoms with E-state index in [4.69, 9.17) is 0 Å². The van der Waals surface area contributed by atoms with Crippen LogP contribution in [-0.4, -0.2) is 47.9 Å². The van der Waals surface area contributed by atoms with Gasteiger partial charge in [0.05, 0.1) is 27.9 Å². The van der Waals surface area contributed by atoms with Gasteiger partial charge in [-0.15, -0.1) is 0 Å². The molecule has 0 saturated carbocycles. The van der Waals surface area contributed by atoms with Crippen molar-refractivity contribution in [1.82, 2.24) is 19.5 Å². The van der Waals surface area contributed by atoms with Crippen LogP contribution in [-0.2, 0) is 26.7 Å². The highest BCUT2D eigenvalue weighted by atomic mass is 32.2. The molecular formula is C15H14F2N4O4S2. The van der Waals surface area contributed by atoms with Crippen LogP contribution in [0.15, 0.2) is 40.5 Å². The average Bonchev–Trinajstić information content (AvgIpc) is 2.97. The van der Waals surface area contributed by atoms with Crippen LogP contribution in [0.5, 0.6) is 0 Å². The van der Waals surface area contributed by atoms with Crippen molar-refractivity contribution < 1.29 is 25.6 Å². The Labute approximate surface area is 153 Å². The molecule has 0 aliphatic rings. The third-order valence-electron chi connectivity index (χ3n) is 3.97. The Bertz CT molecular complexity index is 1240. The number of aryl methyl sites for hydroxylation is 1. The summed E-state index contributed by atoms with van der Waals surface area (Å²) in [5.74, 6) is -3.61. The first-order valence-electron chi connectivity index (χ1n) is 7.62. The smallest absolute Gasteiger partial charge is 0.324 e. The maximum absolute atomic E-state index is 12.7. The number of pyridine rings is 2. The molecule has 0 bridgehead atoms. The van der Waals surface area contributed by atoms with Crippen molar-refractivity contribution in [3.63, 3.8) is 0 Å². The van der Waals surface area contributed by atoms with Gasteiger partial charge in [-0.1, -0.05) is 6.92 Å². The normalized spacial score (nSPS) is 12.8. The second-order valence-corrected chi connectivity index (χ2v) is 9.68. The first-order chi connectivity index (χ1) is 12.6. The number of halogens is 2. The van der Waals surface area contributed by atoms with Gasteiger partial charge in [-0.05, 0) is 12.1 Å². The predicted octanol–water partition coefficient (Wildman–Crippen LogP) is 1.82. The molecule has 0 aliphatic heterocycles. The van der Waals surface area contributed by atoms with Crippen molar-refractivity contribution in [2.45, 2.75) is 22.6 Å². The molecule has 0 amide bonds. The molecule has 8 nitrogen and oxygen atoms in total. The Hall–Kier alpha value is -2.47. The Morgan fingerprint density at radius 2 is 1.89 bits per heavy atom. The Kier molecular flexibility index (Phi) is 4.72. The minimum atomic E-state index is -4.88. The predicted molar refractivity (Wildman–Crippen MR) is 92.7 cm³/mol. The van der Waals surface area contributed by atoms with E-state index in [1.165, 1.54) is 29.8 Å². The molecule has 0 spiro atoms. The van der Waals surface area contributed by atoms with Gasteiger partial charge in [0, 0.05) is 19.3 Å². The maximum atomic E-state index is 12.7. The van der Waals surface area contributed by atoms with Gasteiger partial charge in [0.25, 0.3) is 9.84 Å². The van der Waals surface area contributed by atoms with Gasteiger partial charge in [0.1, 0.15) is 5.69 Å². The lowest BCUT2D eigenvalue weighted by Gasteiger charge is -2.08. The van der Waals surface area contributed by atoms with Crippen LogP contribution in [0.2, 0.25) is 0 Å². The zero-order valence-corrected chi connectivity index (χ0v) is 15.8. The first kappa shape index (κ1) is 19.3. The van der Waals surface area contributed by atoms with Gasteiger partial charge in [0.2, 0.25) is 0 Å². The molecule has 0 aliphatic carbocycles. The molecule has 0 radical (unpaired) electrons. The maximum Gasteiger partial charge on any atom is 0.342 e. The highest BCUT2D eigenvalue weighted by molar-refractivity contribution is 7.91. The minimum Gasteiger partial charge on any atom is -0.324 e. The summed E-state index contributed by atoms with van der Waals surface area (Å²) in [6.45, 7) is 1.49. The Morgan fingerprint density at radius 3 is 2.52 bits per heavy atom. The van der Waals surface area contributed by atoms with Crippen molar-refractivity contribution in [3.05, 3.63) is 30.6 Å². The fourth-order valence-electron chi connectivity index (χ4n) is 2.49. The van der Waals surface area contributed by atoms with E-state index in [1.54, 1.807) is 7.05 Å². The number of alkyl halides is 2. The second-order valence-electron chi connectivity index (χ2n) is 5.56. The molecule has 3 heterocycles. The van der Waals surface area contributed by atoms with Crippen LogP contribution < -0.4 is 0 Å². The molecule has 3 rings (SSSR count). The molecule has 0 N–H and O–H groups in total. The van der Waals surface area contributed by atoms with E-state index in [2.05, 4.69) is 15.0 Å². The summed E-state index contributed by atoms with van der Waals surface area (Å²) in [4.78, 5) is 11.9. The number of fused-ring (bicyclic) bond motifs is 1. The summed E-state index contributed by atoms with van der Waals surface area (Å²) >= 11 is 0. The number of nitrogens with zero attached hydrogens (tertiary/aromatic N) is 4. The van der Waals surface area contributed by atoms with Crippen molar-refractivity contribution in [3.8, 4) is 11.5 Å². The van der Waals surface area contributed by atoms with Crippen LogP contribution in [0.25, 0.3) is 22.6 Å². The minimum absolute atomic E-state index is 0.0284. The number of rotatable bonds is 5. The van der Waals surface area contributed by atoms with Crippen LogP contribution in [0.1, 0.15) is 6.92 Å². The first-order valence-corrected chi connectivity index (χ1v) is 10.8. The molecule has 0 atom stereocenters. The molecule has 3 aromatic heterocycles. The van der Waals surface area contributed by atoms with E-state index < -0.39 is 30.5 Å². The van der Waals surface area contributed by atoms with E-state index in [-0.39, 0.29) is 27.7 Å². The van der Waals surface area contributed by atoms with E-state index in [0.29, 0.717) is 5.52 Å². The third-order valence-corrected chi connectivity index (χ3v) is 7.00. The fourth-order valence-corrected chi connectivity index (χ4v) is 4.19. The lowest BCUT2D eigenvalue weighted by Crippen LogP contribution is -2.12. The van der Waals surface area contributed by atoms with Gasteiger partial charge >= 0.3 is 5.76 Å². The van der Waals surface area contributed by atoms with E-state index in [1.807, 2.05) is 0 Å². The number of imidazole rings is 1. The molecule has 27 heavy (non-hydrogen) atoms. The van der Waals surface area contributed by atoms with Gasteiger partial charge in [-0.3, -0.25) is 4.98 Å². The van der Waals surface area contributed by atoms with Crippen molar-refractivity contribution in [1.29, 1.82) is 0 Å². The lowest BCUT2D eigenvalue weighted by molar-refractivity contribution is 0.234. The van der Waals surface area contributed by atoms with E-state index >= 15 is 0 Å². The third kappa shape index (κ3) is 3.18. The highest BCUT2D eigenvalue weighted by Gasteiger charge is 2.29. The SMILES string of the molecule is CCS(=O)(=O)c1cccnc1-c1nc2cc(S(=O)(=O)C(F)F)ncc2n1C. The summed E-state index contributed by atoms with van der Waals surface area (Å²) in [6, 6.07) is 3.80. The molecule has 0 saturated heterocycles. The Morgan fingerprint density at radius 1 is 1.19 bits per heavy atom. The van der Waals surface area contributed by atoms with Gasteiger partial charge in [-0.2, -0.15) is 8.78 Å². The number of aromatic nitrogens is 4.